The molecule has 0 radical (unpaired) electrons. The Morgan fingerprint density at radius 2 is 1.89 bits per heavy atom. The molecule has 5 nitrogen and oxygen atoms in total. The molecule has 2 N–H and O–H groups in total. The summed E-state index contributed by atoms with van der Waals surface area (Å²) in [5.74, 6) is 0.454. The van der Waals surface area contributed by atoms with Crippen molar-refractivity contribution in [1.82, 2.24) is 9.88 Å². The maximum atomic E-state index is 12.3. The second kappa shape index (κ2) is 4.76. The number of carbonyl (C=O) groups excluding carboxylic acids is 1. The fourth-order valence-electron chi connectivity index (χ4n) is 2.31. The lowest BCUT2D eigenvalue weighted by molar-refractivity contribution is 0.0788. The van der Waals surface area contributed by atoms with Crippen LogP contribution in [0.15, 0.2) is 35.1 Å². The molecule has 1 fully saturated rings. The van der Waals surface area contributed by atoms with Gasteiger partial charge in [0, 0.05) is 24.3 Å². The summed E-state index contributed by atoms with van der Waals surface area (Å²) >= 11 is 0. The molecule has 0 atom stereocenters. The van der Waals surface area contributed by atoms with Crippen LogP contribution in [0.4, 0.5) is 5.69 Å². The number of hydrogen-bond acceptors (Lipinski definition) is 4. The molecule has 5 heteroatoms. The Bertz CT molecular complexity index is 583. The summed E-state index contributed by atoms with van der Waals surface area (Å²) in [4.78, 5) is 18.2. The van der Waals surface area contributed by atoms with Crippen LogP contribution >= 0.6 is 0 Å². The van der Waals surface area contributed by atoms with Crippen molar-refractivity contribution in [2.45, 2.75) is 12.8 Å². The van der Waals surface area contributed by atoms with Crippen molar-refractivity contribution >= 4 is 11.6 Å². The second-order valence-corrected chi connectivity index (χ2v) is 4.65. The molecule has 2 heterocycles. The SMILES string of the molecule is Nc1ccc(-c2ocnc2C(=O)N2CCCC2)cc1. The summed E-state index contributed by atoms with van der Waals surface area (Å²) in [6.45, 7) is 1.60. The summed E-state index contributed by atoms with van der Waals surface area (Å²) in [6.07, 6.45) is 3.43. The zero-order valence-corrected chi connectivity index (χ0v) is 10.5. The highest BCUT2D eigenvalue weighted by Gasteiger charge is 2.25. The molecule has 0 bridgehead atoms. The lowest BCUT2D eigenvalue weighted by Gasteiger charge is -2.13. The van der Waals surface area contributed by atoms with E-state index in [4.69, 9.17) is 10.2 Å². The van der Waals surface area contributed by atoms with Crippen LogP contribution in [-0.4, -0.2) is 28.9 Å². The molecule has 19 heavy (non-hydrogen) atoms. The number of likely N-dealkylation sites (tertiary alicyclic amines) is 1. The van der Waals surface area contributed by atoms with Gasteiger partial charge in [-0.2, -0.15) is 0 Å². The first-order valence-corrected chi connectivity index (χ1v) is 6.34. The minimum Gasteiger partial charge on any atom is -0.443 e. The fraction of sp³-hybridized carbons (Fsp3) is 0.286. The number of nitrogens with two attached hydrogens (primary N) is 1. The first kappa shape index (κ1) is 11.8. The molecule has 1 saturated heterocycles. The molecule has 0 aliphatic carbocycles. The number of aromatic nitrogens is 1. The number of nitrogen functional groups attached to an aromatic ring is 1. The quantitative estimate of drug-likeness (QED) is 0.837. The van der Waals surface area contributed by atoms with Gasteiger partial charge < -0.3 is 15.1 Å². The minimum absolute atomic E-state index is 0.0573. The van der Waals surface area contributed by atoms with E-state index in [1.807, 2.05) is 17.0 Å². The third-order valence-electron chi connectivity index (χ3n) is 3.34. The van der Waals surface area contributed by atoms with Crippen LogP contribution in [0.1, 0.15) is 23.3 Å². The van der Waals surface area contributed by atoms with Crippen molar-refractivity contribution in [1.29, 1.82) is 0 Å². The maximum absolute atomic E-state index is 12.3. The summed E-state index contributed by atoms with van der Waals surface area (Å²) in [7, 11) is 0. The van der Waals surface area contributed by atoms with Crippen LogP contribution < -0.4 is 5.73 Å². The molecule has 3 rings (SSSR count). The summed E-state index contributed by atoms with van der Waals surface area (Å²) in [5.41, 5.74) is 7.53. The Balaban J connectivity index is 1.93. The van der Waals surface area contributed by atoms with Crippen molar-refractivity contribution in [2.75, 3.05) is 18.8 Å². The van der Waals surface area contributed by atoms with Gasteiger partial charge in [-0.15, -0.1) is 0 Å². The van der Waals surface area contributed by atoms with Gasteiger partial charge in [-0.05, 0) is 37.1 Å². The van der Waals surface area contributed by atoms with Crippen LogP contribution in [0.5, 0.6) is 0 Å². The Kier molecular flexibility index (Phi) is 2.95. The molecule has 1 aromatic carbocycles. The molecule has 1 amide bonds. The molecule has 1 aliphatic rings. The van der Waals surface area contributed by atoms with Crippen LogP contribution in [0, 0.1) is 0 Å². The van der Waals surface area contributed by atoms with E-state index in [-0.39, 0.29) is 5.91 Å². The van der Waals surface area contributed by atoms with E-state index in [1.54, 1.807) is 12.1 Å². The van der Waals surface area contributed by atoms with Crippen molar-refractivity contribution in [3.05, 3.63) is 36.4 Å². The van der Waals surface area contributed by atoms with Crippen LogP contribution in [0.25, 0.3) is 11.3 Å². The van der Waals surface area contributed by atoms with Gasteiger partial charge in [0.15, 0.2) is 17.8 Å². The standard InChI is InChI=1S/C14H15N3O2/c15-11-5-3-10(4-6-11)13-12(16-9-19-13)14(18)17-7-1-2-8-17/h3-6,9H,1-2,7-8,15H2. The van der Waals surface area contributed by atoms with Crippen LogP contribution in [0.2, 0.25) is 0 Å². The monoisotopic (exact) mass is 257 g/mol. The number of hydrogen-bond donors (Lipinski definition) is 1. The highest BCUT2D eigenvalue weighted by atomic mass is 16.3. The smallest absolute Gasteiger partial charge is 0.276 e. The van der Waals surface area contributed by atoms with Gasteiger partial charge in [0.1, 0.15) is 0 Å². The molecule has 0 unspecified atom stereocenters. The van der Waals surface area contributed by atoms with Crippen LogP contribution in [-0.2, 0) is 0 Å². The van der Waals surface area contributed by atoms with E-state index in [2.05, 4.69) is 4.98 Å². The molecule has 2 aromatic rings. The van der Waals surface area contributed by atoms with Gasteiger partial charge in [-0.1, -0.05) is 0 Å². The Labute approximate surface area is 111 Å². The first-order valence-electron chi connectivity index (χ1n) is 6.34. The number of rotatable bonds is 2. The van der Waals surface area contributed by atoms with E-state index >= 15 is 0 Å². The average Bonchev–Trinajstić information content (AvgIpc) is 3.10. The van der Waals surface area contributed by atoms with Crippen molar-refractivity contribution in [2.24, 2.45) is 0 Å². The maximum Gasteiger partial charge on any atom is 0.276 e. The molecule has 1 aromatic heterocycles. The van der Waals surface area contributed by atoms with Gasteiger partial charge in [0.05, 0.1) is 0 Å². The third kappa shape index (κ3) is 2.19. The van der Waals surface area contributed by atoms with E-state index in [0.29, 0.717) is 17.1 Å². The van der Waals surface area contributed by atoms with E-state index < -0.39 is 0 Å². The summed E-state index contributed by atoms with van der Waals surface area (Å²) < 4.78 is 5.37. The zero-order valence-electron chi connectivity index (χ0n) is 10.5. The molecular weight excluding hydrogens is 242 g/mol. The van der Waals surface area contributed by atoms with Crippen molar-refractivity contribution in [3.63, 3.8) is 0 Å². The van der Waals surface area contributed by atoms with E-state index in [1.165, 1.54) is 6.39 Å². The molecule has 0 saturated carbocycles. The van der Waals surface area contributed by atoms with Crippen molar-refractivity contribution < 1.29 is 9.21 Å². The normalized spacial score (nSPS) is 14.8. The zero-order chi connectivity index (χ0) is 13.2. The minimum atomic E-state index is -0.0573. The number of nitrogens with zero attached hydrogens (tertiary/aromatic N) is 2. The third-order valence-corrected chi connectivity index (χ3v) is 3.34. The average molecular weight is 257 g/mol. The fourth-order valence-corrected chi connectivity index (χ4v) is 2.31. The summed E-state index contributed by atoms with van der Waals surface area (Å²) in [5, 5.41) is 0. The lowest BCUT2D eigenvalue weighted by Crippen LogP contribution is -2.28. The molecule has 1 aliphatic heterocycles. The number of anilines is 1. The highest BCUT2D eigenvalue weighted by Crippen LogP contribution is 2.25. The Morgan fingerprint density at radius 1 is 1.21 bits per heavy atom. The lowest BCUT2D eigenvalue weighted by atomic mass is 10.1. The highest BCUT2D eigenvalue weighted by molar-refractivity contribution is 5.97. The largest absolute Gasteiger partial charge is 0.443 e. The van der Waals surface area contributed by atoms with Gasteiger partial charge in [-0.25, -0.2) is 4.98 Å². The first-order chi connectivity index (χ1) is 9.25. The van der Waals surface area contributed by atoms with Crippen molar-refractivity contribution in [3.8, 4) is 11.3 Å². The predicted molar refractivity (Wildman–Crippen MR) is 71.5 cm³/mol. The Morgan fingerprint density at radius 3 is 2.58 bits per heavy atom. The summed E-state index contributed by atoms with van der Waals surface area (Å²) in [6, 6.07) is 7.22. The van der Waals surface area contributed by atoms with E-state index in [0.717, 1.165) is 31.5 Å². The van der Waals surface area contributed by atoms with Crippen LogP contribution in [0.3, 0.4) is 0 Å². The van der Waals surface area contributed by atoms with E-state index in [9.17, 15) is 4.79 Å². The van der Waals surface area contributed by atoms with Gasteiger partial charge in [0.25, 0.3) is 5.91 Å². The predicted octanol–water partition coefficient (Wildman–Crippen LogP) is 2.16. The second-order valence-electron chi connectivity index (χ2n) is 4.65. The number of amides is 1. The molecule has 98 valence electrons. The number of benzene rings is 1. The number of oxazole rings is 1. The van der Waals surface area contributed by atoms with Gasteiger partial charge in [-0.3, -0.25) is 4.79 Å². The van der Waals surface area contributed by atoms with Gasteiger partial charge in [0.2, 0.25) is 0 Å². The topological polar surface area (TPSA) is 72.4 Å². The number of carbonyl (C=O) groups is 1. The molecular formula is C14H15N3O2. The molecule has 0 spiro atoms. The Hall–Kier alpha value is -2.30. The van der Waals surface area contributed by atoms with Gasteiger partial charge >= 0.3 is 0 Å².